The maximum Gasteiger partial charge on any atom is 0.255 e. The van der Waals surface area contributed by atoms with Gasteiger partial charge in [0.15, 0.2) is 0 Å². The van der Waals surface area contributed by atoms with Gasteiger partial charge in [0.05, 0.1) is 12.5 Å². The second-order valence-corrected chi connectivity index (χ2v) is 6.86. The molecule has 2 heterocycles. The quantitative estimate of drug-likeness (QED) is 0.731. The molecule has 2 aromatic heterocycles. The molecule has 7 heteroatoms. The molecule has 3 aromatic rings. The summed E-state index contributed by atoms with van der Waals surface area (Å²) in [6, 6.07) is 8.23. The van der Waals surface area contributed by atoms with E-state index in [1.165, 1.54) is 6.07 Å². The first kappa shape index (κ1) is 18.0. The van der Waals surface area contributed by atoms with Crippen LogP contribution in [0, 0.1) is 12.7 Å². The Labute approximate surface area is 160 Å². The summed E-state index contributed by atoms with van der Waals surface area (Å²) in [5, 5.41) is 2.92. The number of carbonyl (C=O) groups is 1. The third-order valence-corrected chi connectivity index (χ3v) is 5.04. The van der Waals surface area contributed by atoms with Crippen LogP contribution in [0.3, 0.4) is 0 Å². The molecule has 1 aromatic carbocycles. The van der Waals surface area contributed by atoms with Crippen molar-refractivity contribution >= 4 is 5.91 Å². The Morgan fingerprint density at radius 3 is 2.93 bits per heavy atom. The van der Waals surface area contributed by atoms with Gasteiger partial charge in [-0.3, -0.25) is 14.6 Å². The molecule has 1 unspecified atom stereocenters. The molecule has 0 radical (unpaired) electrons. The van der Waals surface area contributed by atoms with E-state index in [-0.39, 0.29) is 29.7 Å². The minimum absolute atomic E-state index is 0.0807. The topological polar surface area (TPSA) is 87.7 Å². The number of nitrogens with one attached hydrogen (secondary N) is 2. The lowest BCUT2D eigenvalue weighted by molar-refractivity contribution is -0.121. The van der Waals surface area contributed by atoms with Crippen LogP contribution in [0.2, 0.25) is 0 Å². The van der Waals surface area contributed by atoms with Crippen molar-refractivity contribution in [2.75, 3.05) is 0 Å². The number of aromatic amines is 1. The van der Waals surface area contributed by atoms with E-state index in [0.29, 0.717) is 41.1 Å². The number of hydrogen-bond acceptors (Lipinski definition) is 4. The highest BCUT2D eigenvalue weighted by Crippen LogP contribution is 2.32. The maximum absolute atomic E-state index is 13.9. The van der Waals surface area contributed by atoms with Crippen LogP contribution in [0.5, 0.6) is 0 Å². The number of amides is 1. The molecule has 0 fully saturated rings. The number of hydrogen-bond donors (Lipinski definition) is 2. The predicted octanol–water partition coefficient (Wildman–Crippen LogP) is 2.63. The summed E-state index contributed by atoms with van der Waals surface area (Å²) in [5.41, 5.74) is 2.63. The molecule has 0 saturated heterocycles. The molecular weight excluding hydrogens is 359 g/mol. The molecule has 1 aliphatic carbocycles. The zero-order valence-corrected chi connectivity index (χ0v) is 15.3. The molecule has 28 heavy (non-hydrogen) atoms. The normalized spacial score (nSPS) is 15.3. The summed E-state index contributed by atoms with van der Waals surface area (Å²) in [4.78, 5) is 36.2. The number of pyridine rings is 1. The molecule has 142 valence electrons. The standard InChI is InChI=1S/C21H19FN4O2/c1-12-16(21(28)26-20(24-12)13-4-3-9-23-11-13)10-19(27)25-18-8-7-14-15(18)5-2-6-17(14)22/h2-6,9,11,18H,7-8,10H2,1H3,(H,25,27)(H,24,26,28). The predicted molar refractivity (Wildman–Crippen MR) is 102 cm³/mol. The second kappa shape index (κ2) is 7.34. The third kappa shape index (κ3) is 3.43. The zero-order valence-electron chi connectivity index (χ0n) is 15.3. The summed E-state index contributed by atoms with van der Waals surface area (Å²) >= 11 is 0. The number of fused-ring (bicyclic) bond motifs is 1. The summed E-state index contributed by atoms with van der Waals surface area (Å²) in [6.07, 6.45) is 4.41. The van der Waals surface area contributed by atoms with Crippen LogP contribution in [0.25, 0.3) is 11.4 Å². The molecule has 2 N–H and O–H groups in total. The van der Waals surface area contributed by atoms with Crippen molar-refractivity contribution in [3.8, 4) is 11.4 Å². The Bertz CT molecular complexity index is 1100. The lowest BCUT2D eigenvalue weighted by Gasteiger charge is -2.14. The van der Waals surface area contributed by atoms with Crippen LogP contribution < -0.4 is 10.9 Å². The number of aromatic nitrogens is 3. The highest BCUT2D eigenvalue weighted by Gasteiger charge is 2.26. The Morgan fingerprint density at radius 2 is 2.18 bits per heavy atom. The molecule has 6 nitrogen and oxygen atoms in total. The number of halogens is 1. The van der Waals surface area contributed by atoms with Crippen molar-refractivity contribution in [2.45, 2.75) is 32.2 Å². The number of benzene rings is 1. The van der Waals surface area contributed by atoms with Gasteiger partial charge in [-0.1, -0.05) is 12.1 Å². The van der Waals surface area contributed by atoms with Crippen LogP contribution in [-0.2, 0) is 17.6 Å². The number of nitrogens with zero attached hydrogens (tertiary/aromatic N) is 2. The lowest BCUT2D eigenvalue weighted by Crippen LogP contribution is -2.31. The Morgan fingerprint density at radius 1 is 1.32 bits per heavy atom. The lowest BCUT2D eigenvalue weighted by atomic mass is 10.1. The van der Waals surface area contributed by atoms with Gasteiger partial charge in [-0.05, 0) is 49.1 Å². The fraction of sp³-hybridized carbons (Fsp3) is 0.238. The minimum atomic E-state index is -0.348. The van der Waals surface area contributed by atoms with Crippen molar-refractivity contribution in [1.29, 1.82) is 0 Å². The van der Waals surface area contributed by atoms with Crippen molar-refractivity contribution in [3.05, 3.63) is 81.3 Å². The van der Waals surface area contributed by atoms with Crippen LogP contribution in [0.4, 0.5) is 4.39 Å². The van der Waals surface area contributed by atoms with Gasteiger partial charge in [0.25, 0.3) is 5.56 Å². The highest BCUT2D eigenvalue weighted by atomic mass is 19.1. The van der Waals surface area contributed by atoms with E-state index in [0.717, 1.165) is 5.56 Å². The van der Waals surface area contributed by atoms with E-state index < -0.39 is 0 Å². The average Bonchev–Trinajstić information content (AvgIpc) is 3.09. The molecular formula is C21H19FN4O2. The van der Waals surface area contributed by atoms with Gasteiger partial charge in [-0.25, -0.2) is 9.37 Å². The number of carbonyl (C=O) groups excluding carboxylic acids is 1. The Hall–Kier alpha value is -3.35. The summed E-state index contributed by atoms with van der Waals surface area (Å²) in [5.74, 6) is -0.108. The number of H-pyrrole nitrogens is 1. The van der Waals surface area contributed by atoms with Crippen molar-refractivity contribution < 1.29 is 9.18 Å². The van der Waals surface area contributed by atoms with Crippen LogP contribution in [0.1, 0.15) is 34.8 Å². The van der Waals surface area contributed by atoms with E-state index in [1.807, 2.05) is 6.07 Å². The van der Waals surface area contributed by atoms with E-state index in [1.54, 1.807) is 37.5 Å². The zero-order chi connectivity index (χ0) is 19.7. The number of aryl methyl sites for hydroxylation is 1. The molecule has 0 aliphatic heterocycles. The molecule has 0 spiro atoms. The molecule has 1 atom stereocenters. The van der Waals surface area contributed by atoms with E-state index in [4.69, 9.17) is 0 Å². The number of rotatable bonds is 4. The summed E-state index contributed by atoms with van der Waals surface area (Å²) in [7, 11) is 0. The van der Waals surface area contributed by atoms with E-state index >= 15 is 0 Å². The largest absolute Gasteiger partial charge is 0.349 e. The van der Waals surface area contributed by atoms with Gasteiger partial charge in [0.2, 0.25) is 5.91 Å². The average molecular weight is 378 g/mol. The molecule has 0 saturated carbocycles. The van der Waals surface area contributed by atoms with Crippen LogP contribution in [-0.4, -0.2) is 20.9 Å². The fourth-order valence-electron chi connectivity index (χ4n) is 3.62. The summed E-state index contributed by atoms with van der Waals surface area (Å²) in [6.45, 7) is 1.71. The van der Waals surface area contributed by atoms with Gasteiger partial charge in [0.1, 0.15) is 11.6 Å². The molecule has 1 amide bonds. The molecule has 1 aliphatic rings. The van der Waals surface area contributed by atoms with Gasteiger partial charge in [-0.15, -0.1) is 0 Å². The third-order valence-electron chi connectivity index (χ3n) is 5.04. The Kier molecular flexibility index (Phi) is 4.73. The van der Waals surface area contributed by atoms with Crippen LogP contribution >= 0.6 is 0 Å². The minimum Gasteiger partial charge on any atom is -0.349 e. The highest BCUT2D eigenvalue weighted by molar-refractivity contribution is 5.79. The van der Waals surface area contributed by atoms with E-state index in [9.17, 15) is 14.0 Å². The maximum atomic E-state index is 13.9. The first-order valence-electron chi connectivity index (χ1n) is 9.10. The van der Waals surface area contributed by atoms with Crippen LogP contribution in [0.15, 0.2) is 47.5 Å². The smallest absolute Gasteiger partial charge is 0.255 e. The monoisotopic (exact) mass is 378 g/mol. The van der Waals surface area contributed by atoms with E-state index in [2.05, 4.69) is 20.3 Å². The van der Waals surface area contributed by atoms with Crippen molar-refractivity contribution in [3.63, 3.8) is 0 Å². The van der Waals surface area contributed by atoms with Gasteiger partial charge < -0.3 is 10.3 Å². The van der Waals surface area contributed by atoms with Gasteiger partial charge >= 0.3 is 0 Å². The van der Waals surface area contributed by atoms with Gasteiger partial charge in [0, 0.05) is 29.2 Å². The first-order valence-corrected chi connectivity index (χ1v) is 9.10. The SMILES string of the molecule is Cc1nc(-c2cccnc2)[nH]c(=O)c1CC(=O)NC1CCc2c(F)cccc21. The van der Waals surface area contributed by atoms with Crippen molar-refractivity contribution in [1.82, 2.24) is 20.3 Å². The molecule has 4 rings (SSSR count). The second-order valence-electron chi connectivity index (χ2n) is 6.86. The summed E-state index contributed by atoms with van der Waals surface area (Å²) < 4.78 is 13.9. The Balaban J connectivity index is 1.52. The first-order chi connectivity index (χ1) is 13.5. The fourth-order valence-corrected chi connectivity index (χ4v) is 3.62. The van der Waals surface area contributed by atoms with Crippen molar-refractivity contribution in [2.24, 2.45) is 0 Å². The molecule has 0 bridgehead atoms. The van der Waals surface area contributed by atoms with Gasteiger partial charge in [-0.2, -0.15) is 0 Å².